The van der Waals surface area contributed by atoms with Crippen molar-refractivity contribution in [2.24, 2.45) is 5.11 Å². The summed E-state index contributed by atoms with van der Waals surface area (Å²) in [6, 6.07) is 0. The summed E-state index contributed by atoms with van der Waals surface area (Å²) in [6.45, 7) is 0.731. The van der Waals surface area contributed by atoms with Crippen LogP contribution in [0.25, 0.3) is 10.4 Å². The highest BCUT2D eigenvalue weighted by molar-refractivity contribution is 7.66. The third-order valence-corrected chi connectivity index (χ3v) is 19.2. The van der Waals surface area contributed by atoms with E-state index in [2.05, 4.69) is 79.7 Å². The Morgan fingerprint density at radius 2 is 1.10 bits per heavy atom. The third-order valence-electron chi connectivity index (χ3n) is 9.00. The van der Waals surface area contributed by atoms with Crippen LogP contribution >= 0.6 is 62.6 Å². The number of phosphoric ester groups is 6. The average molecular weight is 1290 g/mol. The van der Waals surface area contributed by atoms with Crippen molar-refractivity contribution < 1.29 is 149 Å². The molecule has 0 aromatic carbocycles. The fourth-order valence-electron chi connectivity index (χ4n) is 5.64. The quantitative estimate of drug-likeness (QED) is 0.0202. The highest BCUT2D eigenvalue weighted by atomic mass is 31.3. The Kier molecular flexibility index (Phi) is 34.5. The van der Waals surface area contributed by atoms with Gasteiger partial charge in [-0.3, -0.25) is 45.7 Å². The van der Waals surface area contributed by atoms with Gasteiger partial charge in [-0.05, 0) is 64.3 Å². The Hall–Kier alpha value is -1.11. The number of aliphatic hydroxyl groups excluding tert-OH is 2. The summed E-state index contributed by atoms with van der Waals surface area (Å²) in [6.07, 6.45) is 5.53. The molecule has 2 fully saturated rings. The first-order chi connectivity index (χ1) is 36.0. The van der Waals surface area contributed by atoms with Gasteiger partial charge in [-0.2, -0.15) is 0 Å². The molecule has 0 aliphatic carbocycles. The molecule has 1 aromatic rings. The van der Waals surface area contributed by atoms with Crippen LogP contribution in [0.1, 0.15) is 77.3 Å². The number of ether oxygens (including phenoxy) is 2. The zero-order chi connectivity index (χ0) is 59.5. The molecule has 3 rings (SSSR count). The SMILES string of the molecule is C#CCCCCOP(=O)([O-])OC.COP(=O)(O)OCCCCc1cn(CCCOP(=O)([O-])OP(=O)([O-])OP(=O)([O-])OC[C@H]2O[C@@H](C)CC2O)nn1.C[C@H]1CC(O)[C@@H](COP(=O)([O-])OP(=O)([O-])OP(=O)([O-])OCCCN=[N+]=[N-])O1. The van der Waals surface area contributed by atoms with Crippen LogP contribution in [0, 0.1) is 12.3 Å². The summed E-state index contributed by atoms with van der Waals surface area (Å²) in [7, 11) is -40.0. The highest BCUT2D eigenvalue weighted by Gasteiger charge is 2.35. The van der Waals surface area contributed by atoms with Gasteiger partial charge in [0.15, 0.2) is 0 Å². The van der Waals surface area contributed by atoms with E-state index >= 15 is 0 Å². The van der Waals surface area contributed by atoms with E-state index in [1.807, 2.05) is 0 Å². The molecule has 0 spiro atoms. The second kappa shape index (κ2) is 35.9. The van der Waals surface area contributed by atoms with Gasteiger partial charge in [0.1, 0.15) is 12.2 Å². The van der Waals surface area contributed by atoms with Gasteiger partial charge in [0.05, 0.1) is 69.8 Å². The van der Waals surface area contributed by atoms with Crippen molar-refractivity contribution in [3.63, 3.8) is 0 Å². The van der Waals surface area contributed by atoms with E-state index in [-0.39, 0.29) is 64.2 Å². The smallest absolute Gasteiger partial charge is 0.471 e. The molecule has 46 heteroatoms. The second-order valence-electron chi connectivity index (χ2n) is 15.5. The minimum Gasteiger partial charge on any atom is -0.756 e. The number of nitrogens with zero attached hydrogens (tertiary/aromatic N) is 6. The maximum Gasteiger partial charge on any atom is 0.471 e. The van der Waals surface area contributed by atoms with Crippen molar-refractivity contribution in [2.45, 2.75) is 121 Å². The summed E-state index contributed by atoms with van der Waals surface area (Å²) < 4.78 is 152. The van der Waals surface area contributed by atoms with Crippen molar-refractivity contribution in [3.05, 3.63) is 22.3 Å². The lowest BCUT2D eigenvalue weighted by atomic mass is 10.1. The predicted molar refractivity (Wildman–Crippen MR) is 246 cm³/mol. The fourth-order valence-corrected chi connectivity index (χ4v) is 13.4. The summed E-state index contributed by atoms with van der Waals surface area (Å²) >= 11 is 0. The van der Waals surface area contributed by atoms with E-state index in [1.54, 1.807) is 20.0 Å². The normalized spacial score (nSPS) is 25.4. The number of aliphatic hydroxyl groups is 2. The molecule has 38 nitrogen and oxygen atoms in total. The van der Waals surface area contributed by atoms with Crippen LogP contribution in [-0.2, 0) is 112 Å². The van der Waals surface area contributed by atoms with Gasteiger partial charge in [0.25, 0.3) is 54.8 Å². The molecule has 14 atom stereocenters. The molecule has 456 valence electrons. The molecule has 0 radical (unpaired) electrons. The average Bonchev–Trinajstić information content (AvgIpc) is 4.00. The van der Waals surface area contributed by atoms with Gasteiger partial charge >= 0.3 is 7.82 Å². The largest absolute Gasteiger partial charge is 0.756 e. The lowest BCUT2D eigenvalue weighted by molar-refractivity contribution is -0.255. The summed E-state index contributed by atoms with van der Waals surface area (Å²) in [5, 5.41) is 30.1. The van der Waals surface area contributed by atoms with Gasteiger partial charge in [-0.25, -0.2) is 21.8 Å². The Labute approximate surface area is 446 Å². The van der Waals surface area contributed by atoms with E-state index in [0.717, 1.165) is 20.6 Å². The monoisotopic (exact) mass is 1290 g/mol. The molecule has 0 amide bonds. The van der Waals surface area contributed by atoms with E-state index in [4.69, 9.17) is 26.3 Å². The number of azide groups is 1. The number of unbranched alkanes of at least 4 members (excludes halogenated alkanes) is 3. The summed E-state index contributed by atoms with van der Waals surface area (Å²) in [5.41, 5.74) is 8.61. The molecule has 2 aliphatic heterocycles. The maximum atomic E-state index is 11.8. The second-order valence-corrected chi connectivity index (χ2v) is 27.6. The number of aryl methyl sites for hydroxylation is 2. The predicted octanol–water partition coefficient (Wildman–Crippen LogP) is 0.382. The van der Waals surface area contributed by atoms with Gasteiger partial charge in [0.2, 0.25) is 0 Å². The summed E-state index contributed by atoms with van der Waals surface area (Å²) in [5.74, 6) is 2.45. The van der Waals surface area contributed by atoms with Crippen LogP contribution in [0.2, 0.25) is 0 Å². The fraction of sp³-hybridized carbons (Fsp3) is 0.875. The topological polar surface area (TPSA) is 567 Å². The van der Waals surface area contributed by atoms with Gasteiger partial charge in [0, 0.05) is 57.7 Å². The van der Waals surface area contributed by atoms with Crippen molar-refractivity contribution in [3.8, 4) is 12.3 Å². The van der Waals surface area contributed by atoms with Gasteiger partial charge in [-0.15, -0.1) is 17.4 Å². The zero-order valence-corrected chi connectivity index (χ0v) is 48.9. The molecule has 0 bridgehead atoms. The van der Waals surface area contributed by atoms with Gasteiger partial charge < -0.3 is 86.0 Å². The molecule has 1 aromatic heterocycles. The van der Waals surface area contributed by atoms with E-state index < -0.39 is 113 Å². The molecular formula is C32H59N6O32P8-7. The molecule has 3 N–H and O–H groups in total. The highest BCUT2D eigenvalue weighted by Crippen LogP contribution is 2.64. The van der Waals surface area contributed by atoms with Crippen LogP contribution in [-0.4, -0.2) is 127 Å². The molecule has 2 aliphatic rings. The van der Waals surface area contributed by atoms with Crippen LogP contribution in [0.3, 0.4) is 0 Å². The summed E-state index contributed by atoms with van der Waals surface area (Å²) in [4.78, 5) is 91.7. The van der Waals surface area contributed by atoms with E-state index in [9.17, 15) is 81.0 Å². The van der Waals surface area contributed by atoms with Crippen molar-refractivity contribution in [1.29, 1.82) is 0 Å². The van der Waals surface area contributed by atoms with Crippen LogP contribution in [0.5, 0.6) is 0 Å². The Morgan fingerprint density at radius 3 is 1.54 bits per heavy atom. The minimum atomic E-state index is -5.98. The third kappa shape index (κ3) is 35.8. The van der Waals surface area contributed by atoms with E-state index in [1.165, 1.54) is 4.68 Å². The van der Waals surface area contributed by atoms with Crippen LogP contribution in [0.15, 0.2) is 11.3 Å². The lowest BCUT2D eigenvalue weighted by Crippen LogP contribution is -2.27. The standard InChI is InChI=1S/C16H33N3O16P4.C9H20N3O12P3.C7H13O4P/c1-13-10-15(20)16(33-13)12-32-38(25,26)35-39(27,28)34-37(23,24)31-9-5-7-19-11-14(17-18-19)6-3-4-8-30-36(21,22)29-2;1-7-5-8(13)9(22-7)6-21-26(16,17)24-27(18,19)23-25(14,15)20-4-2-3-11-12-10;1-3-4-5-6-7-11-12(8,9)10-2/h11,13,15-16,20H,3-10,12H2,1-2H3,(H,21,22)(H,23,24)(H,25,26)(H,27,28);7-9,13H,2-6H2,1H3,(H,14,15)(H,16,17)(H,18,19);1H,4-7H2,2H3,(H,8,9)/p-7/t13-,15?,16+;7-,8?,9+;/m00./s1. The van der Waals surface area contributed by atoms with E-state index in [0.29, 0.717) is 37.8 Å². The maximum absolute atomic E-state index is 11.8. The molecule has 0 saturated carbocycles. The molecule has 10 unspecified atom stereocenters. The van der Waals surface area contributed by atoms with Crippen LogP contribution in [0.4, 0.5) is 0 Å². The Morgan fingerprint density at radius 1 is 0.667 bits per heavy atom. The molecule has 78 heavy (non-hydrogen) atoms. The minimum absolute atomic E-state index is 0.00401. The number of phosphoric acid groups is 8. The first-order valence-corrected chi connectivity index (χ1v) is 34.1. The number of hydrogen-bond donors (Lipinski definition) is 3. The van der Waals surface area contributed by atoms with Crippen molar-refractivity contribution in [1.82, 2.24) is 15.0 Å². The Balaban J connectivity index is 0.000000671. The van der Waals surface area contributed by atoms with Crippen molar-refractivity contribution in [2.75, 3.05) is 60.4 Å². The van der Waals surface area contributed by atoms with Crippen LogP contribution < -0.4 is 34.3 Å². The van der Waals surface area contributed by atoms with Crippen molar-refractivity contribution >= 4 is 62.6 Å². The van der Waals surface area contributed by atoms with Gasteiger partial charge in [-0.1, -0.05) is 10.3 Å². The first kappa shape index (κ1) is 74.9. The number of hydrogen-bond acceptors (Lipinski definition) is 34. The molecular weight excluding hydrogens is 1230 g/mol. The number of rotatable bonds is 37. The molecule has 2 saturated heterocycles. The number of aromatic nitrogens is 3. The first-order valence-electron chi connectivity index (χ1n) is 22.3. The number of terminal acetylenes is 1. The Bertz CT molecular complexity index is 2450. The molecule has 3 heterocycles. The lowest BCUT2D eigenvalue weighted by Gasteiger charge is -2.34. The zero-order valence-electron chi connectivity index (χ0n) is 41.8.